The second-order valence-corrected chi connectivity index (χ2v) is 5.56. The minimum Gasteiger partial charge on any atom is -0.341 e. The van der Waals surface area contributed by atoms with Gasteiger partial charge in [-0.15, -0.1) is 0 Å². The number of amides is 1. The van der Waals surface area contributed by atoms with Crippen LogP contribution < -0.4 is 5.32 Å². The van der Waals surface area contributed by atoms with Crippen molar-refractivity contribution in [1.82, 2.24) is 10.2 Å². The van der Waals surface area contributed by atoms with E-state index in [4.69, 9.17) is 0 Å². The number of carbonyl (C=O) groups is 1. The summed E-state index contributed by atoms with van der Waals surface area (Å²) in [5.41, 5.74) is 1.36. The van der Waals surface area contributed by atoms with Gasteiger partial charge in [0, 0.05) is 13.1 Å². The predicted octanol–water partition coefficient (Wildman–Crippen LogP) is 2.61. The van der Waals surface area contributed by atoms with E-state index >= 15 is 0 Å². The van der Waals surface area contributed by atoms with E-state index in [9.17, 15) is 4.79 Å². The molecule has 20 heavy (non-hydrogen) atoms. The first-order valence-corrected chi connectivity index (χ1v) is 7.87. The second kappa shape index (κ2) is 8.05. The van der Waals surface area contributed by atoms with Crippen LogP contribution in [0.2, 0.25) is 0 Å². The van der Waals surface area contributed by atoms with Gasteiger partial charge in [0.15, 0.2) is 0 Å². The number of rotatable bonds is 7. The standard InChI is InChI=1S/C17H26N2O/c1-2-12-18-16-11-7-14-19(17(16)20)13-6-10-15-8-4-3-5-9-15/h3-5,8-9,16,18H,2,6-7,10-14H2,1H3. The zero-order valence-corrected chi connectivity index (χ0v) is 12.5. The van der Waals surface area contributed by atoms with Crippen LogP contribution in [0.5, 0.6) is 0 Å². The van der Waals surface area contributed by atoms with Crippen LogP contribution in [0.4, 0.5) is 0 Å². The van der Waals surface area contributed by atoms with E-state index in [0.29, 0.717) is 5.91 Å². The van der Waals surface area contributed by atoms with Crippen LogP contribution in [0.15, 0.2) is 30.3 Å². The fourth-order valence-electron chi connectivity index (χ4n) is 2.79. The molecule has 0 bridgehead atoms. The zero-order chi connectivity index (χ0) is 14.2. The third-order valence-electron chi connectivity index (χ3n) is 3.91. The summed E-state index contributed by atoms with van der Waals surface area (Å²) in [6, 6.07) is 10.6. The fourth-order valence-corrected chi connectivity index (χ4v) is 2.79. The van der Waals surface area contributed by atoms with Crippen molar-refractivity contribution in [1.29, 1.82) is 0 Å². The lowest BCUT2D eigenvalue weighted by Crippen LogP contribution is -2.51. The quantitative estimate of drug-likeness (QED) is 0.829. The van der Waals surface area contributed by atoms with Gasteiger partial charge in [0.25, 0.3) is 0 Å². The van der Waals surface area contributed by atoms with Crippen LogP contribution in [-0.2, 0) is 11.2 Å². The monoisotopic (exact) mass is 274 g/mol. The van der Waals surface area contributed by atoms with Gasteiger partial charge in [-0.05, 0) is 44.2 Å². The minimum atomic E-state index is 0.0559. The fraction of sp³-hybridized carbons (Fsp3) is 0.588. The molecule has 110 valence electrons. The Morgan fingerprint density at radius 3 is 2.85 bits per heavy atom. The van der Waals surface area contributed by atoms with Crippen LogP contribution in [0.25, 0.3) is 0 Å². The summed E-state index contributed by atoms with van der Waals surface area (Å²) < 4.78 is 0. The van der Waals surface area contributed by atoms with Crippen LogP contribution in [-0.4, -0.2) is 36.5 Å². The summed E-state index contributed by atoms with van der Waals surface area (Å²) in [4.78, 5) is 14.4. The summed E-state index contributed by atoms with van der Waals surface area (Å²) in [6.07, 6.45) is 5.30. The molecule has 1 amide bonds. The molecule has 1 unspecified atom stereocenters. The van der Waals surface area contributed by atoms with Crippen molar-refractivity contribution in [3.63, 3.8) is 0 Å². The number of hydrogen-bond acceptors (Lipinski definition) is 2. The van der Waals surface area contributed by atoms with Gasteiger partial charge in [-0.25, -0.2) is 0 Å². The van der Waals surface area contributed by atoms with E-state index in [2.05, 4.69) is 36.5 Å². The molecule has 1 aliphatic rings. The SMILES string of the molecule is CCCNC1CCCN(CCCc2ccccc2)C1=O. The molecule has 0 aliphatic carbocycles. The molecule has 1 fully saturated rings. The van der Waals surface area contributed by atoms with Crippen LogP contribution in [0.1, 0.15) is 38.2 Å². The summed E-state index contributed by atoms with van der Waals surface area (Å²) in [6.45, 7) is 4.89. The number of aryl methyl sites for hydroxylation is 1. The largest absolute Gasteiger partial charge is 0.341 e. The highest BCUT2D eigenvalue weighted by Crippen LogP contribution is 2.13. The first-order chi connectivity index (χ1) is 9.81. The number of nitrogens with zero attached hydrogens (tertiary/aromatic N) is 1. The third-order valence-corrected chi connectivity index (χ3v) is 3.91. The van der Waals surface area contributed by atoms with Crippen LogP contribution in [0, 0.1) is 0 Å². The van der Waals surface area contributed by atoms with Crippen molar-refractivity contribution in [3.8, 4) is 0 Å². The van der Waals surface area contributed by atoms with Gasteiger partial charge in [0.2, 0.25) is 5.91 Å². The van der Waals surface area contributed by atoms with Gasteiger partial charge in [-0.2, -0.15) is 0 Å². The predicted molar refractivity (Wildman–Crippen MR) is 82.7 cm³/mol. The maximum Gasteiger partial charge on any atom is 0.239 e. The van der Waals surface area contributed by atoms with Crippen LogP contribution >= 0.6 is 0 Å². The van der Waals surface area contributed by atoms with E-state index in [1.807, 2.05) is 11.0 Å². The molecule has 1 heterocycles. The highest BCUT2D eigenvalue weighted by atomic mass is 16.2. The van der Waals surface area contributed by atoms with E-state index in [1.54, 1.807) is 0 Å². The number of carbonyl (C=O) groups excluding carboxylic acids is 1. The Morgan fingerprint density at radius 2 is 2.10 bits per heavy atom. The van der Waals surface area contributed by atoms with Crippen molar-refractivity contribution in [3.05, 3.63) is 35.9 Å². The van der Waals surface area contributed by atoms with Crippen molar-refractivity contribution < 1.29 is 4.79 Å². The molecule has 1 N–H and O–H groups in total. The molecule has 0 radical (unpaired) electrons. The van der Waals surface area contributed by atoms with E-state index in [-0.39, 0.29) is 6.04 Å². The molecule has 2 rings (SSSR count). The Kier molecular flexibility index (Phi) is 6.06. The number of nitrogens with one attached hydrogen (secondary N) is 1. The Balaban J connectivity index is 1.75. The number of piperidine rings is 1. The molecular formula is C17H26N2O. The van der Waals surface area contributed by atoms with Gasteiger partial charge < -0.3 is 10.2 Å². The van der Waals surface area contributed by atoms with Gasteiger partial charge >= 0.3 is 0 Å². The summed E-state index contributed by atoms with van der Waals surface area (Å²) >= 11 is 0. The smallest absolute Gasteiger partial charge is 0.239 e. The van der Waals surface area contributed by atoms with E-state index in [0.717, 1.165) is 51.7 Å². The van der Waals surface area contributed by atoms with Gasteiger partial charge in [0.05, 0.1) is 6.04 Å². The van der Waals surface area contributed by atoms with Gasteiger partial charge in [-0.3, -0.25) is 4.79 Å². The molecule has 3 heteroatoms. The maximum atomic E-state index is 12.3. The Hall–Kier alpha value is -1.35. The third kappa shape index (κ3) is 4.34. The summed E-state index contributed by atoms with van der Waals surface area (Å²) in [5.74, 6) is 0.303. The molecule has 1 aromatic carbocycles. The molecule has 0 spiro atoms. The summed E-state index contributed by atoms with van der Waals surface area (Å²) in [7, 11) is 0. The van der Waals surface area contributed by atoms with Crippen molar-refractivity contribution >= 4 is 5.91 Å². The summed E-state index contributed by atoms with van der Waals surface area (Å²) in [5, 5.41) is 3.37. The topological polar surface area (TPSA) is 32.3 Å². The molecule has 1 saturated heterocycles. The Bertz CT molecular complexity index is 405. The zero-order valence-electron chi connectivity index (χ0n) is 12.5. The maximum absolute atomic E-state index is 12.3. The number of hydrogen-bond donors (Lipinski definition) is 1. The second-order valence-electron chi connectivity index (χ2n) is 5.56. The van der Waals surface area contributed by atoms with E-state index < -0.39 is 0 Å². The Morgan fingerprint density at radius 1 is 1.30 bits per heavy atom. The normalized spacial score (nSPS) is 19.4. The first kappa shape index (κ1) is 15.0. The lowest BCUT2D eigenvalue weighted by atomic mass is 10.0. The van der Waals surface area contributed by atoms with Crippen molar-refractivity contribution in [2.75, 3.05) is 19.6 Å². The van der Waals surface area contributed by atoms with Crippen molar-refractivity contribution in [2.24, 2.45) is 0 Å². The average molecular weight is 274 g/mol. The Labute approximate surface area is 122 Å². The molecular weight excluding hydrogens is 248 g/mol. The lowest BCUT2D eigenvalue weighted by molar-refractivity contribution is -0.136. The highest BCUT2D eigenvalue weighted by molar-refractivity contribution is 5.82. The molecule has 1 atom stereocenters. The molecule has 3 nitrogen and oxygen atoms in total. The minimum absolute atomic E-state index is 0.0559. The highest BCUT2D eigenvalue weighted by Gasteiger charge is 2.27. The van der Waals surface area contributed by atoms with Gasteiger partial charge in [0.1, 0.15) is 0 Å². The number of benzene rings is 1. The average Bonchev–Trinajstić information content (AvgIpc) is 2.49. The first-order valence-electron chi connectivity index (χ1n) is 7.87. The van der Waals surface area contributed by atoms with Gasteiger partial charge in [-0.1, -0.05) is 37.3 Å². The van der Waals surface area contributed by atoms with E-state index in [1.165, 1.54) is 5.56 Å². The lowest BCUT2D eigenvalue weighted by Gasteiger charge is -2.32. The van der Waals surface area contributed by atoms with Crippen LogP contribution in [0.3, 0.4) is 0 Å². The van der Waals surface area contributed by atoms with Crippen molar-refractivity contribution in [2.45, 2.75) is 45.1 Å². The molecule has 1 aliphatic heterocycles. The molecule has 1 aromatic rings. The molecule has 0 saturated carbocycles. The molecule has 0 aromatic heterocycles. The number of likely N-dealkylation sites (tertiary alicyclic amines) is 1.